The van der Waals surface area contributed by atoms with E-state index in [1.54, 1.807) is 0 Å². The Kier molecular flexibility index (Phi) is 5.08. The monoisotopic (exact) mass is 310 g/mol. The fraction of sp³-hybridized carbons (Fsp3) is 0.235. The molecule has 0 bridgehead atoms. The second-order valence-electron chi connectivity index (χ2n) is 5.19. The SMILES string of the molecule is O[C@@H](COCc1ccccc1)Cn1nnc(-c2ccccc2)n1. The quantitative estimate of drug-likeness (QED) is 0.722. The molecule has 0 saturated carbocycles. The minimum Gasteiger partial charge on any atom is -0.389 e. The van der Waals surface area contributed by atoms with E-state index in [9.17, 15) is 5.11 Å². The van der Waals surface area contributed by atoms with Crippen molar-refractivity contribution in [3.05, 3.63) is 66.2 Å². The molecule has 3 rings (SSSR count). The lowest BCUT2D eigenvalue weighted by molar-refractivity contribution is 0.0165. The summed E-state index contributed by atoms with van der Waals surface area (Å²) in [6.45, 7) is 0.934. The molecule has 23 heavy (non-hydrogen) atoms. The Bertz CT molecular complexity index is 716. The molecule has 1 aromatic heterocycles. The molecule has 0 aliphatic rings. The normalized spacial score (nSPS) is 12.2. The van der Waals surface area contributed by atoms with Gasteiger partial charge in [-0.3, -0.25) is 0 Å². The van der Waals surface area contributed by atoms with E-state index < -0.39 is 6.10 Å². The van der Waals surface area contributed by atoms with Crippen molar-refractivity contribution in [3.63, 3.8) is 0 Å². The van der Waals surface area contributed by atoms with Gasteiger partial charge in [0.2, 0.25) is 5.82 Å². The summed E-state index contributed by atoms with van der Waals surface area (Å²) in [6, 6.07) is 19.4. The summed E-state index contributed by atoms with van der Waals surface area (Å²) in [5, 5.41) is 22.2. The predicted octanol–water partition coefficient (Wildman–Crippen LogP) is 1.92. The fourth-order valence-corrected chi connectivity index (χ4v) is 2.15. The van der Waals surface area contributed by atoms with Gasteiger partial charge in [-0.05, 0) is 10.8 Å². The molecule has 0 fully saturated rings. The van der Waals surface area contributed by atoms with Crippen molar-refractivity contribution in [2.45, 2.75) is 19.3 Å². The zero-order chi connectivity index (χ0) is 15.9. The molecule has 6 heteroatoms. The molecule has 0 aliphatic heterocycles. The van der Waals surface area contributed by atoms with E-state index in [1.807, 2.05) is 60.7 Å². The van der Waals surface area contributed by atoms with Gasteiger partial charge in [0.1, 0.15) is 0 Å². The molecule has 0 aliphatic carbocycles. The highest BCUT2D eigenvalue weighted by atomic mass is 16.5. The first-order chi connectivity index (χ1) is 11.3. The van der Waals surface area contributed by atoms with Crippen LogP contribution in [-0.4, -0.2) is 38.0 Å². The Balaban J connectivity index is 1.48. The molecule has 0 unspecified atom stereocenters. The van der Waals surface area contributed by atoms with Gasteiger partial charge in [0.05, 0.1) is 25.9 Å². The lowest BCUT2D eigenvalue weighted by atomic mass is 10.2. The highest BCUT2D eigenvalue weighted by molar-refractivity contribution is 5.52. The van der Waals surface area contributed by atoms with Crippen LogP contribution in [0, 0.1) is 0 Å². The van der Waals surface area contributed by atoms with Gasteiger partial charge in [-0.2, -0.15) is 4.80 Å². The minimum atomic E-state index is -0.684. The molecule has 3 aromatic rings. The maximum absolute atomic E-state index is 10.0. The number of ether oxygens (including phenoxy) is 1. The fourth-order valence-electron chi connectivity index (χ4n) is 2.15. The summed E-state index contributed by atoms with van der Waals surface area (Å²) in [4.78, 5) is 1.39. The summed E-state index contributed by atoms with van der Waals surface area (Å²) in [6.07, 6.45) is -0.684. The Labute approximate surface area is 134 Å². The highest BCUT2D eigenvalue weighted by Crippen LogP contribution is 2.11. The van der Waals surface area contributed by atoms with Gasteiger partial charge in [0.15, 0.2) is 0 Å². The van der Waals surface area contributed by atoms with Crippen LogP contribution in [0.2, 0.25) is 0 Å². The van der Waals surface area contributed by atoms with Crippen LogP contribution in [0.15, 0.2) is 60.7 Å². The number of hydrogen-bond donors (Lipinski definition) is 1. The van der Waals surface area contributed by atoms with E-state index in [4.69, 9.17) is 4.74 Å². The molecule has 1 atom stereocenters. The lowest BCUT2D eigenvalue weighted by Crippen LogP contribution is -2.23. The first kappa shape index (κ1) is 15.3. The summed E-state index contributed by atoms with van der Waals surface area (Å²) in [5.41, 5.74) is 1.97. The van der Waals surface area contributed by atoms with Crippen LogP contribution in [0.3, 0.4) is 0 Å². The maximum atomic E-state index is 10.0. The standard InChI is InChI=1S/C17H18N4O2/c22-16(13-23-12-14-7-3-1-4-8-14)11-21-19-17(18-20-21)15-9-5-2-6-10-15/h1-10,16,22H,11-13H2/t16-/m1/s1. The van der Waals surface area contributed by atoms with Gasteiger partial charge in [-0.1, -0.05) is 60.7 Å². The predicted molar refractivity (Wildman–Crippen MR) is 85.4 cm³/mol. The third kappa shape index (κ3) is 4.45. The van der Waals surface area contributed by atoms with Gasteiger partial charge in [0.25, 0.3) is 0 Å². The Hall–Kier alpha value is -2.57. The van der Waals surface area contributed by atoms with Crippen molar-refractivity contribution in [1.29, 1.82) is 0 Å². The molecule has 0 saturated heterocycles. The van der Waals surface area contributed by atoms with Crippen LogP contribution < -0.4 is 0 Å². The number of aliphatic hydroxyl groups is 1. The van der Waals surface area contributed by atoms with Gasteiger partial charge in [-0.25, -0.2) is 0 Å². The van der Waals surface area contributed by atoms with Crippen LogP contribution in [0.4, 0.5) is 0 Å². The Morgan fingerprint density at radius 2 is 1.70 bits per heavy atom. The molecular weight excluding hydrogens is 292 g/mol. The van der Waals surface area contributed by atoms with Crippen LogP contribution in [0.1, 0.15) is 5.56 Å². The highest BCUT2D eigenvalue weighted by Gasteiger charge is 2.10. The van der Waals surface area contributed by atoms with Gasteiger partial charge < -0.3 is 9.84 Å². The van der Waals surface area contributed by atoms with E-state index >= 15 is 0 Å². The third-order valence-corrected chi connectivity index (χ3v) is 3.28. The molecule has 0 spiro atoms. The Morgan fingerprint density at radius 3 is 2.43 bits per heavy atom. The second-order valence-corrected chi connectivity index (χ2v) is 5.19. The summed E-state index contributed by atoms with van der Waals surface area (Å²) in [5.74, 6) is 0.544. The average Bonchev–Trinajstić information content (AvgIpc) is 3.05. The molecule has 1 heterocycles. The number of tetrazole rings is 1. The average molecular weight is 310 g/mol. The molecule has 2 aromatic carbocycles. The number of rotatable bonds is 7. The van der Waals surface area contributed by atoms with Crippen LogP contribution in [0.5, 0.6) is 0 Å². The molecule has 6 nitrogen and oxygen atoms in total. The molecule has 118 valence electrons. The maximum Gasteiger partial charge on any atom is 0.204 e. The van der Waals surface area contributed by atoms with E-state index in [2.05, 4.69) is 15.4 Å². The van der Waals surface area contributed by atoms with Crippen molar-refractivity contribution in [3.8, 4) is 11.4 Å². The zero-order valence-corrected chi connectivity index (χ0v) is 12.6. The van der Waals surface area contributed by atoms with Crippen molar-refractivity contribution in [2.75, 3.05) is 6.61 Å². The number of aromatic nitrogens is 4. The van der Waals surface area contributed by atoms with Crippen LogP contribution in [0.25, 0.3) is 11.4 Å². The number of hydrogen-bond acceptors (Lipinski definition) is 5. The van der Waals surface area contributed by atoms with Crippen molar-refractivity contribution < 1.29 is 9.84 Å². The van der Waals surface area contributed by atoms with Gasteiger partial charge >= 0.3 is 0 Å². The molecule has 1 N–H and O–H groups in total. The van der Waals surface area contributed by atoms with E-state index in [1.165, 1.54) is 4.80 Å². The Morgan fingerprint density at radius 1 is 1.00 bits per heavy atom. The van der Waals surface area contributed by atoms with Crippen molar-refractivity contribution >= 4 is 0 Å². The largest absolute Gasteiger partial charge is 0.389 e. The zero-order valence-electron chi connectivity index (χ0n) is 12.6. The number of nitrogens with zero attached hydrogens (tertiary/aromatic N) is 4. The topological polar surface area (TPSA) is 73.1 Å². The van der Waals surface area contributed by atoms with Crippen molar-refractivity contribution in [2.24, 2.45) is 0 Å². The number of aliphatic hydroxyl groups excluding tert-OH is 1. The van der Waals surface area contributed by atoms with Crippen LogP contribution >= 0.6 is 0 Å². The molecular formula is C17H18N4O2. The summed E-state index contributed by atoms with van der Waals surface area (Å²) < 4.78 is 5.51. The number of benzene rings is 2. The summed E-state index contributed by atoms with van der Waals surface area (Å²) >= 11 is 0. The second kappa shape index (κ2) is 7.62. The third-order valence-electron chi connectivity index (χ3n) is 3.28. The first-order valence-electron chi connectivity index (χ1n) is 7.44. The molecule has 0 amide bonds. The van der Waals surface area contributed by atoms with E-state index in [-0.39, 0.29) is 13.2 Å². The lowest BCUT2D eigenvalue weighted by Gasteiger charge is -2.10. The van der Waals surface area contributed by atoms with Gasteiger partial charge in [-0.15, -0.1) is 10.2 Å². The van der Waals surface area contributed by atoms with Crippen LogP contribution in [-0.2, 0) is 17.9 Å². The first-order valence-corrected chi connectivity index (χ1v) is 7.44. The molecule has 0 radical (unpaired) electrons. The minimum absolute atomic E-state index is 0.219. The van der Waals surface area contributed by atoms with E-state index in [0.717, 1.165) is 11.1 Å². The van der Waals surface area contributed by atoms with E-state index in [0.29, 0.717) is 12.4 Å². The smallest absolute Gasteiger partial charge is 0.204 e. The van der Waals surface area contributed by atoms with Crippen molar-refractivity contribution in [1.82, 2.24) is 20.2 Å². The summed E-state index contributed by atoms with van der Waals surface area (Å²) in [7, 11) is 0. The van der Waals surface area contributed by atoms with Gasteiger partial charge in [0, 0.05) is 5.56 Å².